The third kappa shape index (κ3) is 3.81. The molecule has 0 spiro atoms. The molecular formula is C14H23N3O. The summed E-state index contributed by atoms with van der Waals surface area (Å²) < 4.78 is 0. The van der Waals surface area contributed by atoms with Crippen molar-refractivity contribution in [1.82, 2.24) is 4.98 Å². The topological polar surface area (TPSA) is 82.0 Å². The van der Waals surface area contributed by atoms with Gasteiger partial charge in [0.2, 0.25) is 0 Å². The molecule has 0 aliphatic rings. The predicted molar refractivity (Wildman–Crippen MR) is 74.4 cm³/mol. The lowest BCUT2D eigenvalue weighted by Crippen LogP contribution is -2.12. The van der Waals surface area contributed by atoms with Crippen molar-refractivity contribution < 1.29 is 4.79 Å². The van der Waals surface area contributed by atoms with E-state index in [-0.39, 0.29) is 5.78 Å². The first-order valence-corrected chi connectivity index (χ1v) is 6.54. The zero-order valence-electron chi connectivity index (χ0n) is 11.3. The van der Waals surface area contributed by atoms with Gasteiger partial charge in [-0.3, -0.25) is 4.79 Å². The van der Waals surface area contributed by atoms with E-state index in [9.17, 15) is 4.79 Å². The van der Waals surface area contributed by atoms with E-state index in [0.717, 1.165) is 24.8 Å². The van der Waals surface area contributed by atoms with E-state index in [1.54, 1.807) is 6.20 Å². The maximum absolute atomic E-state index is 12.2. The zero-order valence-corrected chi connectivity index (χ0v) is 11.3. The van der Waals surface area contributed by atoms with Gasteiger partial charge in [-0.1, -0.05) is 13.3 Å². The predicted octanol–water partition coefficient (Wildman–Crippen LogP) is 2.31. The molecule has 0 radical (unpaired) electrons. The monoisotopic (exact) mass is 249 g/mol. The zero-order chi connectivity index (χ0) is 13.5. The second kappa shape index (κ2) is 7.11. The molecule has 0 aliphatic carbocycles. The number of carbonyl (C=O) groups excluding carboxylic acids is 1. The van der Waals surface area contributed by atoms with Crippen LogP contribution in [0.4, 0.5) is 5.82 Å². The van der Waals surface area contributed by atoms with Crippen LogP contribution in [-0.4, -0.2) is 17.3 Å². The maximum atomic E-state index is 12.2. The van der Waals surface area contributed by atoms with Crippen molar-refractivity contribution in [2.75, 3.05) is 12.3 Å². The third-order valence-corrected chi connectivity index (χ3v) is 3.40. The van der Waals surface area contributed by atoms with Crippen molar-refractivity contribution in [2.24, 2.45) is 11.7 Å². The molecular weight excluding hydrogens is 226 g/mol. The number of nitrogen functional groups attached to an aromatic ring is 1. The Bertz CT molecular complexity index is 384. The molecule has 100 valence electrons. The van der Waals surface area contributed by atoms with E-state index < -0.39 is 0 Å². The Morgan fingerprint density at radius 2 is 2.17 bits per heavy atom. The molecule has 1 aromatic heterocycles. The van der Waals surface area contributed by atoms with E-state index in [0.29, 0.717) is 30.3 Å². The van der Waals surface area contributed by atoms with Gasteiger partial charge in [-0.2, -0.15) is 0 Å². The number of anilines is 1. The molecule has 4 heteroatoms. The molecule has 1 atom stereocenters. The second-order valence-corrected chi connectivity index (χ2v) is 4.70. The van der Waals surface area contributed by atoms with Gasteiger partial charge in [0.1, 0.15) is 5.82 Å². The molecule has 1 aromatic rings. The molecule has 0 saturated carbocycles. The summed E-state index contributed by atoms with van der Waals surface area (Å²) >= 11 is 0. The van der Waals surface area contributed by atoms with Crippen molar-refractivity contribution >= 4 is 11.6 Å². The standard InChI is InChI=1S/C14H23N3O/c1-3-11(6-8-15)4-5-12(18)13-10(2)7-9-17-14(13)16/h7,9,11H,3-6,8,15H2,1-2H3,(H2,16,17). The molecule has 1 heterocycles. The summed E-state index contributed by atoms with van der Waals surface area (Å²) in [7, 11) is 0. The fourth-order valence-electron chi connectivity index (χ4n) is 2.19. The van der Waals surface area contributed by atoms with Crippen LogP contribution in [0.1, 0.15) is 48.5 Å². The van der Waals surface area contributed by atoms with Gasteiger partial charge in [-0.05, 0) is 43.9 Å². The lowest BCUT2D eigenvalue weighted by atomic mass is 9.93. The molecule has 1 rings (SSSR count). The van der Waals surface area contributed by atoms with Gasteiger partial charge < -0.3 is 11.5 Å². The lowest BCUT2D eigenvalue weighted by molar-refractivity contribution is 0.0972. The van der Waals surface area contributed by atoms with Gasteiger partial charge >= 0.3 is 0 Å². The van der Waals surface area contributed by atoms with Crippen molar-refractivity contribution in [3.8, 4) is 0 Å². The Balaban J connectivity index is 2.65. The van der Waals surface area contributed by atoms with Gasteiger partial charge in [0.05, 0.1) is 5.56 Å². The van der Waals surface area contributed by atoms with E-state index in [4.69, 9.17) is 11.5 Å². The van der Waals surface area contributed by atoms with Crippen molar-refractivity contribution in [2.45, 2.75) is 39.5 Å². The molecule has 4 nitrogen and oxygen atoms in total. The fourth-order valence-corrected chi connectivity index (χ4v) is 2.19. The number of aryl methyl sites for hydroxylation is 1. The first-order chi connectivity index (χ1) is 8.60. The fraction of sp³-hybridized carbons (Fsp3) is 0.571. The Kier molecular flexibility index (Phi) is 5.78. The van der Waals surface area contributed by atoms with E-state index >= 15 is 0 Å². The summed E-state index contributed by atoms with van der Waals surface area (Å²) in [5.41, 5.74) is 12.8. The number of nitrogens with two attached hydrogens (primary N) is 2. The maximum Gasteiger partial charge on any atom is 0.166 e. The highest BCUT2D eigenvalue weighted by Crippen LogP contribution is 2.20. The highest BCUT2D eigenvalue weighted by Gasteiger charge is 2.15. The first-order valence-electron chi connectivity index (χ1n) is 6.54. The molecule has 0 aliphatic heterocycles. The van der Waals surface area contributed by atoms with Gasteiger partial charge in [0.15, 0.2) is 5.78 Å². The molecule has 18 heavy (non-hydrogen) atoms. The van der Waals surface area contributed by atoms with Crippen LogP contribution in [0, 0.1) is 12.8 Å². The number of rotatable bonds is 7. The molecule has 1 unspecified atom stereocenters. The summed E-state index contributed by atoms with van der Waals surface area (Å²) in [5.74, 6) is 0.956. The number of carbonyl (C=O) groups is 1. The number of Topliss-reactive ketones (excluding diaryl/α,β-unsaturated/α-hetero) is 1. The molecule has 0 aromatic carbocycles. The Morgan fingerprint density at radius 3 is 2.72 bits per heavy atom. The van der Waals surface area contributed by atoms with Gasteiger partial charge in [0.25, 0.3) is 0 Å². The number of pyridine rings is 1. The molecule has 0 amide bonds. The van der Waals surface area contributed by atoms with E-state index in [1.165, 1.54) is 0 Å². The average Bonchev–Trinajstić information content (AvgIpc) is 2.34. The minimum Gasteiger partial charge on any atom is -0.383 e. The normalized spacial score (nSPS) is 12.4. The largest absolute Gasteiger partial charge is 0.383 e. The second-order valence-electron chi connectivity index (χ2n) is 4.70. The highest BCUT2D eigenvalue weighted by atomic mass is 16.1. The van der Waals surface area contributed by atoms with Gasteiger partial charge in [0, 0.05) is 12.6 Å². The molecule has 4 N–H and O–H groups in total. The Labute approximate surface area is 109 Å². The van der Waals surface area contributed by atoms with Crippen LogP contribution in [0.25, 0.3) is 0 Å². The number of nitrogens with zero attached hydrogens (tertiary/aromatic N) is 1. The van der Waals surface area contributed by atoms with Crippen molar-refractivity contribution in [3.63, 3.8) is 0 Å². The van der Waals surface area contributed by atoms with Crippen LogP contribution >= 0.6 is 0 Å². The molecule has 0 fully saturated rings. The number of aromatic nitrogens is 1. The quantitative estimate of drug-likeness (QED) is 0.726. The van der Waals surface area contributed by atoms with Crippen LogP contribution in [0.15, 0.2) is 12.3 Å². The van der Waals surface area contributed by atoms with Gasteiger partial charge in [-0.25, -0.2) is 4.98 Å². The van der Waals surface area contributed by atoms with Gasteiger partial charge in [-0.15, -0.1) is 0 Å². The lowest BCUT2D eigenvalue weighted by Gasteiger charge is -2.13. The van der Waals surface area contributed by atoms with E-state index in [1.807, 2.05) is 13.0 Å². The SMILES string of the molecule is CCC(CCN)CCC(=O)c1c(C)ccnc1N. The van der Waals surface area contributed by atoms with Crippen LogP contribution < -0.4 is 11.5 Å². The summed E-state index contributed by atoms with van der Waals surface area (Å²) in [5, 5.41) is 0. The first kappa shape index (κ1) is 14.6. The van der Waals surface area contributed by atoms with Crippen LogP contribution in [0.2, 0.25) is 0 Å². The minimum atomic E-state index is 0.0913. The minimum absolute atomic E-state index is 0.0913. The molecule has 0 saturated heterocycles. The highest BCUT2D eigenvalue weighted by molar-refractivity contribution is 6.01. The summed E-state index contributed by atoms with van der Waals surface area (Å²) in [4.78, 5) is 16.1. The smallest absolute Gasteiger partial charge is 0.166 e. The van der Waals surface area contributed by atoms with Crippen molar-refractivity contribution in [1.29, 1.82) is 0 Å². The Hall–Kier alpha value is -1.42. The Morgan fingerprint density at radius 1 is 1.44 bits per heavy atom. The molecule has 0 bridgehead atoms. The number of ketones is 1. The average molecular weight is 249 g/mol. The van der Waals surface area contributed by atoms with E-state index in [2.05, 4.69) is 11.9 Å². The number of hydrogen-bond acceptors (Lipinski definition) is 4. The van der Waals surface area contributed by atoms with Crippen LogP contribution in [-0.2, 0) is 0 Å². The van der Waals surface area contributed by atoms with Crippen molar-refractivity contribution in [3.05, 3.63) is 23.4 Å². The summed E-state index contributed by atoms with van der Waals surface area (Å²) in [6.45, 7) is 4.71. The summed E-state index contributed by atoms with van der Waals surface area (Å²) in [6, 6.07) is 1.82. The third-order valence-electron chi connectivity index (χ3n) is 3.40. The number of hydrogen-bond donors (Lipinski definition) is 2. The van der Waals surface area contributed by atoms with Crippen LogP contribution in [0.3, 0.4) is 0 Å². The summed E-state index contributed by atoms with van der Waals surface area (Å²) in [6.07, 6.45) is 5.07. The van der Waals surface area contributed by atoms with Crippen LogP contribution in [0.5, 0.6) is 0 Å².